The first-order valence-corrected chi connectivity index (χ1v) is 12.3. The Morgan fingerprint density at radius 1 is 1.03 bits per heavy atom. The minimum Gasteiger partial charge on any atom is -0.497 e. The van der Waals surface area contributed by atoms with E-state index in [1.165, 1.54) is 19.3 Å². The second-order valence-electron chi connectivity index (χ2n) is 10.6. The number of amides is 2. The van der Waals surface area contributed by atoms with Gasteiger partial charge in [0.05, 0.1) is 12.5 Å². The van der Waals surface area contributed by atoms with E-state index in [9.17, 15) is 14.4 Å². The summed E-state index contributed by atoms with van der Waals surface area (Å²) in [6.07, 6.45) is 8.24. The minimum absolute atomic E-state index is 0.171. The lowest BCUT2D eigenvalue weighted by Gasteiger charge is -2.56. The summed E-state index contributed by atoms with van der Waals surface area (Å²) in [5.41, 5.74) is 0.673. The third kappa shape index (κ3) is 4.46. The van der Waals surface area contributed by atoms with Crippen LogP contribution in [0.1, 0.15) is 56.9 Å². The van der Waals surface area contributed by atoms with Crippen molar-refractivity contribution >= 4 is 17.8 Å². The van der Waals surface area contributed by atoms with E-state index in [1.54, 1.807) is 12.0 Å². The van der Waals surface area contributed by atoms with Crippen LogP contribution in [0.2, 0.25) is 0 Å². The third-order valence-electron chi connectivity index (χ3n) is 8.27. The van der Waals surface area contributed by atoms with Crippen LogP contribution in [0.5, 0.6) is 5.75 Å². The predicted molar refractivity (Wildman–Crippen MR) is 121 cm³/mol. The SMILES string of the molecule is COc1ccc(CNC(=O)COC(=O)C2CCCN2C(=O)C23CC4CC(CC(C4)C2)C3)cc1. The topological polar surface area (TPSA) is 84.9 Å². The van der Waals surface area contributed by atoms with Crippen LogP contribution in [-0.2, 0) is 25.7 Å². The highest BCUT2D eigenvalue weighted by atomic mass is 16.5. The molecule has 1 aromatic rings. The first-order chi connectivity index (χ1) is 16.0. The molecule has 0 radical (unpaired) electrons. The quantitative estimate of drug-likeness (QED) is 0.640. The highest BCUT2D eigenvalue weighted by Gasteiger charge is 2.57. The molecule has 5 aliphatic rings. The molecule has 1 unspecified atom stereocenters. The normalized spacial score (nSPS) is 32.0. The molecule has 1 heterocycles. The van der Waals surface area contributed by atoms with Crippen molar-refractivity contribution in [2.45, 2.75) is 64.0 Å². The lowest BCUT2D eigenvalue weighted by atomic mass is 9.49. The number of likely N-dealkylation sites (tertiary alicyclic amines) is 1. The maximum atomic E-state index is 13.7. The van der Waals surface area contributed by atoms with Gasteiger partial charge in [0.25, 0.3) is 5.91 Å². The molecule has 0 aromatic heterocycles. The monoisotopic (exact) mass is 454 g/mol. The average Bonchev–Trinajstić information content (AvgIpc) is 3.30. The Kier molecular flexibility index (Phi) is 6.06. The van der Waals surface area contributed by atoms with Gasteiger partial charge in [-0.15, -0.1) is 0 Å². The zero-order valence-electron chi connectivity index (χ0n) is 19.4. The molecule has 178 valence electrons. The van der Waals surface area contributed by atoms with Crippen LogP contribution >= 0.6 is 0 Å². The Hall–Kier alpha value is -2.57. The summed E-state index contributed by atoms with van der Waals surface area (Å²) in [5, 5.41) is 2.77. The van der Waals surface area contributed by atoms with E-state index in [0.29, 0.717) is 37.3 Å². The van der Waals surface area contributed by atoms with Gasteiger partial charge in [-0.1, -0.05) is 12.1 Å². The van der Waals surface area contributed by atoms with Gasteiger partial charge in [0.2, 0.25) is 5.91 Å². The van der Waals surface area contributed by atoms with Gasteiger partial charge in [-0.3, -0.25) is 9.59 Å². The van der Waals surface area contributed by atoms with Gasteiger partial charge in [-0.25, -0.2) is 4.79 Å². The maximum Gasteiger partial charge on any atom is 0.329 e. The summed E-state index contributed by atoms with van der Waals surface area (Å²) in [6.45, 7) is 0.634. The first-order valence-electron chi connectivity index (χ1n) is 12.3. The van der Waals surface area contributed by atoms with E-state index in [4.69, 9.17) is 9.47 Å². The third-order valence-corrected chi connectivity index (χ3v) is 8.27. The van der Waals surface area contributed by atoms with Crippen molar-refractivity contribution in [3.8, 4) is 5.75 Å². The molecule has 7 nitrogen and oxygen atoms in total. The maximum absolute atomic E-state index is 13.7. The highest BCUT2D eigenvalue weighted by Crippen LogP contribution is 2.60. The Morgan fingerprint density at radius 2 is 1.67 bits per heavy atom. The van der Waals surface area contributed by atoms with Crippen LogP contribution in [0.15, 0.2) is 24.3 Å². The van der Waals surface area contributed by atoms with E-state index < -0.39 is 12.0 Å². The molecule has 1 atom stereocenters. The number of hydrogen-bond donors (Lipinski definition) is 1. The molecular weight excluding hydrogens is 420 g/mol. The summed E-state index contributed by atoms with van der Waals surface area (Å²) >= 11 is 0. The van der Waals surface area contributed by atoms with E-state index in [1.807, 2.05) is 24.3 Å². The van der Waals surface area contributed by atoms with Crippen LogP contribution in [0.25, 0.3) is 0 Å². The summed E-state index contributed by atoms with van der Waals surface area (Å²) in [5.74, 6) is 2.17. The van der Waals surface area contributed by atoms with Gasteiger partial charge < -0.3 is 19.7 Å². The molecule has 0 spiro atoms. The van der Waals surface area contributed by atoms with Crippen molar-refractivity contribution in [1.29, 1.82) is 0 Å². The van der Waals surface area contributed by atoms with Gasteiger partial charge in [0.15, 0.2) is 6.61 Å². The smallest absolute Gasteiger partial charge is 0.329 e. The second-order valence-corrected chi connectivity index (χ2v) is 10.6. The van der Waals surface area contributed by atoms with Gasteiger partial charge in [0.1, 0.15) is 11.8 Å². The molecular formula is C26H34N2O5. The predicted octanol–water partition coefficient (Wildman–Crippen LogP) is 3.06. The van der Waals surface area contributed by atoms with Crippen molar-refractivity contribution < 1.29 is 23.9 Å². The number of carbonyl (C=O) groups excluding carboxylic acids is 3. The Morgan fingerprint density at radius 3 is 2.27 bits per heavy atom. The fraction of sp³-hybridized carbons (Fsp3) is 0.654. The summed E-state index contributed by atoms with van der Waals surface area (Å²) in [4.78, 5) is 40.5. The number of methoxy groups -OCH3 is 1. The molecule has 4 bridgehead atoms. The van der Waals surface area contributed by atoms with Gasteiger partial charge in [-0.2, -0.15) is 0 Å². The lowest BCUT2D eigenvalue weighted by molar-refractivity contribution is -0.166. The minimum atomic E-state index is -0.556. The summed E-state index contributed by atoms with van der Waals surface area (Å²) in [6, 6.07) is 6.85. The second kappa shape index (κ2) is 8.99. The fourth-order valence-electron chi connectivity index (χ4n) is 7.16. The first kappa shape index (κ1) is 22.2. The number of ether oxygens (including phenoxy) is 2. The van der Waals surface area contributed by atoms with Crippen molar-refractivity contribution in [3.63, 3.8) is 0 Å². The molecule has 33 heavy (non-hydrogen) atoms. The van der Waals surface area contributed by atoms with Gasteiger partial charge >= 0.3 is 5.97 Å². The average molecular weight is 455 g/mol. The zero-order valence-corrected chi connectivity index (χ0v) is 19.4. The van der Waals surface area contributed by atoms with Crippen LogP contribution < -0.4 is 10.1 Å². The number of nitrogens with one attached hydrogen (secondary N) is 1. The molecule has 1 N–H and O–H groups in total. The van der Waals surface area contributed by atoms with E-state index in [0.717, 1.165) is 37.0 Å². The summed E-state index contributed by atoms with van der Waals surface area (Å²) < 4.78 is 10.5. The number of carbonyl (C=O) groups is 3. The van der Waals surface area contributed by atoms with Crippen LogP contribution in [0, 0.1) is 23.2 Å². The van der Waals surface area contributed by atoms with E-state index in [-0.39, 0.29) is 23.8 Å². The van der Waals surface area contributed by atoms with Crippen molar-refractivity contribution in [3.05, 3.63) is 29.8 Å². The molecule has 1 aliphatic heterocycles. The molecule has 6 rings (SSSR count). The number of hydrogen-bond acceptors (Lipinski definition) is 5. The Balaban J connectivity index is 1.13. The van der Waals surface area contributed by atoms with Gasteiger partial charge in [-0.05, 0) is 86.8 Å². The van der Waals surface area contributed by atoms with E-state index in [2.05, 4.69) is 5.32 Å². The molecule has 2 amide bonds. The number of nitrogens with zero attached hydrogens (tertiary/aromatic N) is 1. The van der Waals surface area contributed by atoms with Crippen LogP contribution in [-0.4, -0.2) is 49.0 Å². The fourth-order valence-corrected chi connectivity index (χ4v) is 7.16. The van der Waals surface area contributed by atoms with Gasteiger partial charge in [0, 0.05) is 13.1 Å². The van der Waals surface area contributed by atoms with Crippen molar-refractivity contribution in [2.24, 2.45) is 23.2 Å². The molecule has 1 saturated heterocycles. The van der Waals surface area contributed by atoms with Crippen LogP contribution in [0.4, 0.5) is 0 Å². The summed E-state index contributed by atoms with van der Waals surface area (Å²) in [7, 11) is 1.60. The zero-order chi connectivity index (χ0) is 23.0. The van der Waals surface area contributed by atoms with E-state index >= 15 is 0 Å². The number of esters is 1. The molecule has 4 saturated carbocycles. The molecule has 4 aliphatic carbocycles. The molecule has 5 fully saturated rings. The number of rotatable bonds is 7. The molecule has 1 aromatic carbocycles. The lowest BCUT2D eigenvalue weighted by Crippen LogP contribution is -2.56. The van der Waals surface area contributed by atoms with Crippen molar-refractivity contribution in [1.82, 2.24) is 10.2 Å². The van der Waals surface area contributed by atoms with Crippen LogP contribution in [0.3, 0.4) is 0 Å². The van der Waals surface area contributed by atoms with Crippen molar-refractivity contribution in [2.75, 3.05) is 20.3 Å². The highest BCUT2D eigenvalue weighted by molar-refractivity contribution is 5.90. The standard InChI is InChI=1S/C26H34N2O5/c1-32-21-6-4-17(5-7-21)15-27-23(29)16-33-24(30)22-3-2-8-28(22)25(31)26-12-18-9-19(13-26)11-20(10-18)14-26/h4-7,18-20,22H,2-3,8-16H2,1H3,(H,27,29). The Bertz CT molecular complexity index is 876. The number of benzene rings is 1. The molecule has 7 heteroatoms. The Labute approximate surface area is 195 Å². The largest absolute Gasteiger partial charge is 0.497 e.